The van der Waals surface area contributed by atoms with Crippen molar-refractivity contribution in [2.24, 2.45) is 18.4 Å². The number of likely N-dealkylation sites (tertiary alicyclic amines) is 1. The average Bonchev–Trinajstić information content (AvgIpc) is 4.06. The number of pyridine rings is 1. The van der Waals surface area contributed by atoms with Crippen LogP contribution in [0.25, 0.3) is 22.7 Å². The van der Waals surface area contributed by atoms with E-state index in [1.807, 2.05) is 37.3 Å². The number of aromatic nitrogens is 3. The molecule has 364 valence electrons. The molecule has 5 aliphatic rings. The van der Waals surface area contributed by atoms with Gasteiger partial charge in [-0.25, -0.2) is 18.1 Å². The molecule has 14 nitrogen and oxygen atoms in total. The number of carbonyl (C=O) groups excluding carboxylic acids is 1. The summed E-state index contributed by atoms with van der Waals surface area (Å²) in [5, 5.41) is 27.7. The zero-order valence-corrected chi connectivity index (χ0v) is 41.3. The van der Waals surface area contributed by atoms with E-state index < -0.39 is 21.5 Å². The monoisotopic (exact) mass is 953 g/mol. The molecule has 3 aliphatic carbocycles. The SMILES string of the molecule is C=C1C=Cc2cc(Oc3cc(N4CCC5(CC4)CN(C4CCC[C@H]4c4ccccc4C(C)C)C5)ccc3C(=O)NS(=O)(=O)c3cc(N(C)[O-])c(NCC4CCC(C)(O)CC4)c4c3ncn4C)cnc21. The summed E-state index contributed by atoms with van der Waals surface area (Å²) in [5.41, 5.74) is 6.90. The van der Waals surface area contributed by atoms with Gasteiger partial charge in [-0.1, -0.05) is 63.3 Å². The lowest BCUT2D eigenvalue weighted by Gasteiger charge is -2.57. The minimum absolute atomic E-state index is 0.0132. The van der Waals surface area contributed by atoms with Gasteiger partial charge in [0, 0.05) is 63.1 Å². The first-order valence-electron chi connectivity index (χ1n) is 24.7. The molecule has 2 aromatic heterocycles. The highest BCUT2D eigenvalue weighted by atomic mass is 32.2. The third kappa shape index (κ3) is 9.14. The van der Waals surface area contributed by atoms with Crippen LogP contribution < -0.4 is 24.7 Å². The van der Waals surface area contributed by atoms with E-state index in [0.717, 1.165) is 74.4 Å². The first-order valence-corrected chi connectivity index (χ1v) is 26.2. The molecule has 1 spiro atoms. The normalized spacial score (nSPS) is 23.4. The number of allylic oxidation sites excluding steroid dienone is 2. The Morgan fingerprint density at radius 1 is 1.01 bits per heavy atom. The Hall–Kier alpha value is -5.74. The molecule has 10 rings (SSSR count). The Labute approximate surface area is 406 Å². The molecule has 0 radical (unpaired) electrons. The number of nitrogens with zero attached hydrogens (tertiary/aromatic N) is 6. The van der Waals surface area contributed by atoms with E-state index in [1.165, 1.54) is 49.8 Å². The topological polar surface area (TPSA) is 168 Å². The van der Waals surface area contributed by atoms with Crippen molar-refractivity contribution in [1.29, 1.82) is 0 Å². The van der Waals surface area contributed by atoms with E-state index in [9.17, 15) is 23.5 Å². The summed E-state index contributed by atoms with van der Waals surface area (Å²) in [4.78, 5) is 28.2. The lowest BCUT2D eigenvalue weighted by Crippen LogP contribution is -2.63. The van der Waals surface area contributed by atoms with Crippen LogP contribution in [0, 0.1) is 16.5 Å². The second-order valence-corrected chi connectivity index (χ2v) is 22.8. The van der Waals surface area contributed by atoms with Crippen LogP contribution in [0.5, 0.6) is 11.5 Å². The van der Waals surface area contributed by atoms with Gasteiger partial charge < -0.3 is 34.9 Å². The van der Waals surface area contributed by atoms with Gasteiger partial charge in [-0.2, -0.15) is 0 Å². The number of aliphatic hydroxyl groups is 1. The maximum absolute atomic E-state index is 14.4. The summed E-state index contributed by atoms with van der Waals surface area (Å²) in [6.45, 7) is 15.0. The number of aryl methyl sites for hydroxylation is 1. The summed E-state index contributed by atoms with van der Waals surface area (Å²) < 4.78 is 39.3. The molecular formula is C54H65N8O6S-. The van der Waals surface area contributed by atoms with Crippen molar-refractivity contribution in [3.05, 3.63) is 113 Å². The summed E-state index contributed by atoms with van der Waals surface area (Å²) in [7, 11) is -1.58. The van der Waals surface area contributed by atoms with Crippen molar-refractivity contribution in [2.45, 2.75) is 107 Å². The Bertz CT molecular complexity index is 2940. The Morgan fingerprint density at radius 3 is 2.51 bits per heavy atom. The van der Waals surface area contributed by atoms with Gasteiger partial charge in [0.15, 0.2) is 0 Å². The molecule has 4 heterocycles. The molecule has 15 heteroatoms. The van der Waals surface area contributed by atoms with E-state index in [4.69, 9.17) is 4.74 Å². The molecule has 4 fully saturated rings. The van der Waals surface area contributed by atoms with Crippen molar-refractivity contribution in [3.8, 4) is 11.5 Å². The molecule has 2 saturated heterocycles. The lowest BCUT2D eigenvalue weighted by molar-refractivity contribution is -0.0493. The van der Waals surface area contributed by atoms with Gasteiger partial charge in [0.2, 0.25) is 0 Å². The van der Waals surface area contributed by atoms with Gasteiger partial charge in [0.25, 0.3) is 15.9 Å². The van der Waals surface area contributed by atoms with Crippen LogP contribution in [0.1, 0.15) is 123 Å². The molecule has 0 bridgehead atoms. The minimum Gasteiger partial charge on any atom is -0.758 e. The fourth-order valence-electron chi connectivity index (χ4n) is 11.9. The van der Waals surface area contributed by atoms with E-state index >= 15 is 0 Å². The number of ether oxygens (including phenoxy) is 1. The van der Waals surface area contributed by atoms with Crippen molar-refractivity contribution in [1.82, 2.24) is 24.2 Å². The number of rotatable bonds is 13. The van der Waals surface area contributed by atoms with E-state index in [1.54, 1.807) is 23.9 Å². The molecule has 5 aromatic rings. The van der Waals surface area contributed by atoms with Gasteiger partial charge in [-0.3, -0.25) is 14.7 Å². The van der Waals surface area contributed by atoms with Crippen LogP contribution in [-0.2, 0) is 17.1 Å². The highest BCUT2D eigenvalue weighted by molar-refractivity contribution is 7.90. The third-order valence-electron chi connectivity index (χ3n) is 15.9. The number of hydroxylamine groups is 1. The van der Waals surface area contributed by atoms with Crippen molar-refractivity contribution in [3.63, 3.8) is 0 Å². The molecule has 2 atom stereocenters. The van der Waals surface area contributed by atoms with Crippen molar-refractivity contribution >= 4 is 55.7 Å². The van der Waals surface area contributed by atoms with E-state index in [0.29, 0.717) is 59.3 Å². The molecule has 3 N–H and O–H groups in total. The number of anilines is 3. The standard InChI is InChI=1S/C54H65N8O6S/c1-34(2)40-10-7-8-11-41(40)42-12-9-13-44(42)62-31-54(32-62)22-24-61(25-23-54)38-16-17-43(46(27-38)68-39-26-37-15-14-35(3)48(37)56-30-39)52(63)58-69(66,67)47-28-45(60(6)65)49(51-50(47)57-33-59(51)5)55-29-36-18-20-53(4,64)21-19-36/h7-8,10-11,14-17,26-28,30,33-34,36,42,44,55,64H,3,9,12-13,18-25,29,31-32H2,1-2,4-6H3,(H,58,63)/q-1/t36?,42-,44?,53?/m0/s1. The average molecular weight is 954 g/mol. The quantitative estimate of drug-likeness (QED) is 0.0958. The van der Waals surface area contributed by atoms with Crippen molar-refractivity contribution in [2.75, 3.05) is 55.1 Å². The zero-order chi connectivity index (χ0) is 48.4. The molecular weight excluding hydrogens is 889 g/mol. The number of hydrogen-bond acceptors (Lipinski definition) is 12. The number of sulfonamides is 1. The summed E-state index contributed by atoms with van der Waals surface area (Å²) in [6, 6.07) is 18.0. The zero-order valence-electron chi connectivity index (χ0n) is 40.5. The fourth-order valence-corrected chi connectivity index (χ4v) is 13.0. The predicted molar refractivity (Wildman–Crippen MR) is 273 cm³/mol. The number of amides is 1. The number of imidazole rings is 1. The minimum atomic E-state index is -4.62. The number of piperidine rings is 1. The van der Waals surface area contributed by atoms with Gasteiger partial charge in [0.1, 0.15) is 21.9 Å². The van der Waals surface area contributed by atoms with Crippen LogP contribution in [0.15, 0.2) is 84.7 Å². The molecule has 2 saturated carbocycles. The highest BCUT2D eigenvalue weighted by Crippen LogP contribution is 2.49. The molecule has 69 heavy (non-hydrogen) atoms. The smallest absolute Gasteiger partial charge is 0.268 e. The fraction of sp³-hybridized carbons (Fsp3) is 0.463. The first-order chi connectivity index (χ1) is 33.0. The number of hydrogen-bond donors (Lipinski definition) is 3. The largest absolute Gasteiger partial charge is 0.758 e. The third-order valence-corrected chi connectivity index (χ3v) is 17.2. The summed E-state index contributed by atoms with van der Waals surface area (Å²) in [5.74, 6) is 0.998. The van der Waals surface area contributed by atoms with Gasteiger partial charge >= 0.3 is 0 Å². The van der Waals surface area contributed by atoms with Gasteiger partial charge in [-0.05, 0) is 129 Å². The molecule has 3 aromatic carbocycles. The second-order valence-electron chi connectivity index (χ2n) is 21.1. The Balaban J connectivity index is 0.884. The Kier molecular flexibility index (Phi) is 12.4. The predicted octanol–water partition coefficient (Wildman–Crippen LogP) is 9.57. The maximum Gasteiger partial charge on any atom is 0.268 e. The van der Waals surface area contributed by atoms with Crippen LogP contribution in [0.2, 0.25) is 0 Å². The van der Waals surface area contributed by atoms with Crippen LogP contribution >= 0.6 is 0 Å². The van der Waals surface area contributed by atoms with Crippen LogP contribution in [-0.4, -0.2) is 90.3 Å². The number of benzene rings is 3. The molecule has 1 amide bonds. The highest BCUT2D eigenvalue weighted by Gasteiger charge is 2.49. The maximum atomic E-state index is 14.4. The summed E-state index contributed by atoms with van der Waals surface area (Å²) in [6.07, 6.45) is 15.7. The second kappa shape index (κ2) is 18.2. The molecule has 2 aliphatic heterocycles. The van der Waals surface area contributed by atoms with Crippen LogP contribution in [0.3, 0.4) is 0 Å². The number of nitrogens with one attached hydrogen (secondary N) is 2. The van der Waals surface area contributed by atoms with E-state index in [2.05, 4.69) is 74.5 Å². The van der Waals surface area contributed by atoms with Crippen molar-refractivity contribution < 1.29 is 23.1 Å². The van der Waals surface area contributed by atoms with Gasteiger partial charge in [-0.15, -0.1) is 0 Å². The van der Waals surface area contributed by atoms with Gasteiger partial charge in [0.05, 0.1) is 46.3 Å². The number of carbonyl (C=O) groups is 1. The first kappa shape index (κ1) is 47.0. The lowest BCUT2D eigenvalue weighted by atomic mass is 9.70. The Morgan fingerprint density at radius 2 is 1.77 bits per heavy atom. The van der Waals surface area contributed by atoms with E-state index in [-0.39, 0.29) is 38.7 Å². The van der Waals surface area contributed by atoms with Crippen LogP contribution in [0.4, 0.5) is 17.1 Å². The summed E-state index contributed by atoms with van der Waals surface area (Å²) >= 11 is 0. The number of fused-ring (bicyclic) bond motifs is 2. The molecule has 1 unspecified atom stereocenters.